The normalized spacial score (nSPS) is 11.4. The van der Waals surface area contributed by atoms with Crippen molar-refractivity contribution in [3.05, 3.63) is 28.0 Å². The molecule has 2 rings (SSSR count). The fourth-order valence-electron chi connectivity index (χ4n) is 1.44. The molecule has 5 nitrogen and oxygen atoms in total. The van der Waals surface area contributed by atoms with Crippen LogP contribution >= 0.6 is 11.3 Å². The lowest BCUT2D eigenvalue weighted by molar-refractivity contribution is -0.144. The molecule has 20 heavy (non-hydrogen) atoms. The molecule has 0 aliphatic carbocycles. The largest absolute Gasteiger partial charge is 0.451 e. The van der Waals surface area contributed by atoms with Gasteiger partial charge in [0.1, 0.15) is 16.6 Å². The van der Waals surface area contributed by atoms with Crippen LogP contribution < -0.4 is 10.6 Å². The molecule has 2 N–H and O–H groups in total. The Labute approximate surface area is 117 Å². The maximum Gasteiger partial charge on any atom is 0.451 e. The molecule has 9 heteroatoms. The van der Waals surface area contributed by atoms with E-state index in [4.69, 9.17) is 0 Å². The summed E-state index contributed by atoms with van der Waals surface area (Å²) in [5.41, 5.74) is 0. The molecule has 0 atom stereocenters. The Kier molecular flexibility index (Phi) is 4.07. The van der Waals surface area contributed by atoms with E-state index in [9.17, 15) is 13.2 Å². The Morgan fingerprint density at radius 2 is 1.95 bits per heavy atom. The van der Waals surface area contributed by atoms with Crippen molar-refractivity contribution in [2.45, 2.75) is 19.6 Å². The predicted molar refractivity (Wildman–Crippen MR) is 70.8 cm³/mol. The Bertz CT molecular complexity index is 596. The van der Waals surface area contributed by atoms with Crippen LogP contribution in [0, 0.1) is 6.92 Å². The highest BCUT2D eigenvalue weighted by atomic mass is 32.1. The summed E-state index contributed by atoms with van der Waals surface area (Å²) in [6.45, 7) is 2.22. The molecule has 2 aromatic rings. The van der Waals surface area contributed by atoms with Crippen LogP contribution in [0.15, 0.2) is 12.3 Å². The van der Waals surface area contributed by atoms with Crippen LogP contribution in [0.4, 0.5) is 24.8 Å². The molecule has 0 bridgehead atoms. The lowest BCUT2D eigenvalue weighted by Gasteiger charge is -2.10. The first-order valence-corrected chi connectivity index (χ1v) is 6.49. The minimum absolute atomic E-state index is 0.101. The van der Waals surface area contributed by atoms with Gasteiger partial charge in [0.05, 0.1) is 6.54 Å². The van der Waals surface area contributed by atoms with Crippen LogP contribution in [0.25, 0.3) is 0 Å². The van der Waals surface area contributed by atoms with Crippen molar-refractivity contribution in [3.63, 3.8) is 0 Å². The second-order valence-corrected chi connectivity index (χ2v) is 5.25. The number of nitrogens with one attached hydrogen (secondary N) is 2. The Balaban J connectivity index is 2.18. The molecule has 0 amide bonds. The highest BCUT2D eigenvalue weighted by Gasteiger charge is 2.35. The number of aromatic nitrogens is 3. The number of anilines is 2. The van der Waals surface area contributed by atoms with E-state index in [2.05, 4.69) is 25.6 Å². The van der Waals surface area contributed by atoms with Crippen molar-refractivity contribution in [1.82, 2.24) is 15.0 Å². The number of aryl methyl sites for hydroxylation is 1. The van der Waals surface area contributed by atoms with Gasteiger partial charge in [-0.1, -0.05) is 0 Å². The molecule has 0 radical (unpaired) electrons. The third-order valence-corrected chi connectivity index (χ3v) is 3.24. The van der Waals surface area contributed by atoms with Gasteiger partial charge in [0.2, 0.25) is 5.82 Å². The summed E-state index contributed by atoms with van der Waals surface area (Å²) in [6.07, 6.45) is -2.87. The average Bonchev–Trinajstić information content (AvgIpc) is 2.81. The molecule has 0 saturated heterocycles. The fraction of sp³-hybridized carbons (Fsp3) is 0.364. The van der Waals surface area contributed by atoms with Crippen LogP contribution in [-0.2, 0) is 12.7 Å². The fourth-order valence-corrected chi connectivity index (χ4v) is 2.17. The molecule has 0 aliphatic heterocycles. The van der Waals surface area contributed by atoms with Crippen molar-refractivity contribution in [3.8, 4) is 0 Å². The van der Waals surface area contributed by atoms with E-state index in [-0.39, 0.29) is 11.6 Å². The van der Waals surface area contributed by atoms with E-state index in [1.54, 1.807) is 6.20 Å². The second kappa shape index (κ2) is 5.61. The van der Waals surface area contributed by atoms with Crippen LogP contribution in [-0.4, -0.2) is 22.0 Å². The van der Waals surface area contributed by atoms with Gasteiger partial charge >= 0.3 is 6.18 Å². The van der Waals surface area contributed by atoms with Gasteiger partial charge in [0.25, 0.3) is 0 Å². The number of halogens is 3. The van der Waals surface area contributed by atoms with Gasteiger partial charge in [-0.2, -0.15) is 13.2 Å². The predicted octanol–water partition coefficient (Wildman–Crippen LogP) is 2.91. The van der Waals surface area contributed by atoms with Gasteiger partial charge < -0.3 is 10.6 Å². The molecule has 2 heterocycles. The number of nitrogens with zero attached hydrogens (tertiary/aromatic N) is 3. The van der Waals surface area contributed by atoms with E-state index in [0.717, 1.165) is 9.88 Å². The number of alkyl halides is 3. The molecular formula is C11H12F3N5S. The summed E-state index contributed by atoms with van der Waals surface area (Å²) in [4.78, 5) is 12.0. The first kappa shape index (κ1) is 14.5. The Hall–Kier alpha value is -1.90. The Morgan fingerprint density at radius 3 is 2.50 bits per heavy atom. The molecule has 108 valence electrons. The smallest absolute Gasteiger partial charge is 0.373 e. The minimum atomic E-state index is -4.58. The summed E-state index contributed by atoms with van der Waals surface area (Å²) in [6, 6.07) is 1.41. The third-order valence-electron chi connectivity index (χ3n) is 2.33. The van der Waals surface area contributed by atoms with Gasteiger partial charge in [0, 0.05) is 24.2 Å². The number of rotatable bonds is 4. The highest BCUT2D eigenvalue weighted by Crippen LogP contribution is 2.28. The van der Waals surface area contributed by atoms with Crippen molar-refractivity contribution in [2.75, 3.05) is 17.7 Å². The quantitative estimate of drug-likeness (QED) is 0.909. The zero-order valence-electron chi connectivity index (χ0n) is 10.7. The maximum absolute atomic E-state index is 12.7. The van der Waals surface area contributed by atoms with E-state index in [1.165, 1.54) is 24.5 Å². The summed E-state index contributed by atoms with van der Waals surface area (Å²) in [5, 5.41) is 6.17. The van der Waals surface area contributed by atoms with Crippen LogP contribution in [0.5, 0.6) is 0 Å². The number of hydrogen-bond acceptors (Lipinski definition) is 6. The van der Waals surface area contributed by atoms with Crippen LogP contribution in [0.1, 0.15) is 15.7 Å². The zero-order chi connectivity index (χ0) is 14.8. The topological polar surface area (TPSA) is 62.7 Å². The van der Waals surface area contributed by atoms with Crippen LogP contribution in [0.2, 0.25) is 0 Å². The number of thiazole rings is 1. The lowest BCUT2D eigenvalue weighted by atomic mass is 10.4. The SMILES string of the molecule is CNc1cc(NCc2ncc(C)s2)nc(C(F)(F)F)n1. The lowest BCUT2D eigenvalue weighted by Crippen LogP contribution is -2.14. The first-order chi connectivity index (χ1) is 9.38. The highest BCUT2D eigenvalue weighted by molar-refractivity contribution is 7.11. The molecule has 0 fully saturated rings. The summed E-state index contributed by atoms with van der Waals surface area (Å²) >= 11 is 1.47. The van der Waals surface area contributed by atoms with E-state index in [1.807, 2.05) is 6.92 Å². The van der Waals surface area contributed by atoms with Gasteiger partial charge in [-0.3, -0.25) is 0 Å². The summed E-state index contributed by atoms with van der Waals surface area (Å²) in [7, 11) is 1.50. The molecule has 2 aromatic heterocycles. The van der Waals surface area contributed by atoms with E-state index in [0.29, 0.717) is 6.54 Å². The molecule has 0 saturated carbocycles. The third kappa shape index (κ3) is 3.56. The van der Waals surface area contributed by atoms with Gasteiger partial charge in [-0.05, 0) is 6.92 Å². The standard InChI is InChI=1S/C11H12F3N5S/c1-6-4-17-9(20-6)5-16-8-3-7(15-2)18-10(19-8)11(12,13)14/h3-4H,5H2,1-2H3,(H2,15,16,18,19). The van der Waals surface area contributed by atoms with Gasteiger partial charge in [-0.25, -0.2) is 15.0 Å². The zero-order valence-corrected chi connectivity index (χ0v) is 11.6. The molecule has 0 spiro atoms. The summed E-state index contributed by atoms with van der Waals surface area (Å²) < 4.78 is 38.0. The minimum Gasteiger partial charge on any atom is -0.373 e. The molecule has 0 aliphatic rings. The van der Waals surface area contributed by atoms with E-state index >= 15 is 0 Å². The van der Waals surface area contributed by atoms with Crippen molar-refractivity contribution in [1.29, 1.82) is 0 Å². The number of hydrogen-bond donors (Lipinski definition) is 2. The van der Waals surface area contributed by atoms with Crippen LogP contribution in [0.3, 0.4) is 0 Å². The van der Waals surface area contributed by atoms with Gasteiger partial charge in [-0.15, -0.1) is 11.3 Å². The van der Waals surface area contributed by atoms with Crippen molar-refractivity contribution >= 4 is 23.0 Å². The molecule has 0 aromatic carbocycles. The molecule has 0 unspecified atom stereocenters. The first-order valence-electron chi connectivity index (χ1n) is 5.67. The van der Waals surface area contributed by atoms with Gasteiger partial charge in [0.15, 0.2) is 0 Å². The van der Waals surface area contributed by atoms with Crippen molar-refractivity contribution < 1.29 is 13.2 Å². The monoisotopic (exact) mass is 303 g/mol. The molecular weight excluding hydrogens is 291 g/mol. The maximum atomic E-state index is 12.7. The Morgan fingerprint density at radius 1 is 1.25 bits per heavy atom. The summed E-state index contributed by atoms with van der Waals surface area (Å²) in [5.74, 6) is -0.975. The van der Waals surface area contributed by atoms with E-state index < -0.39 is 12.0 Å². The second-order valence-electron chi connectivity index (χ2n) is 3.93. The average molecular weight is 303 g/mol. The van der Waals surface area contributed by atoms with Crippen molar-refractivity contribution in [2.24, 2.45) is 0 Å².